The van der Waals surface area contributed by atoms with E-state index in [9.17, 15) is 4.39 Å². The molecule has 0 saturated carbocycles. The maximum atomic E-state index is 14.5. The third kappa shape index (κ3) is 4.83. The summed E-state index contributed by atoms with van der Waals surface area (Å²) in [5, 5.41) is 0.121. The van der Waals surface area contributed by atoms with E-state index in [1.807, 2.05) is 6.07 Å². The highest BCUT2D eigenvalue weighted by atomic mass is 28.4. The predicted octanol–water partition coefficient (Wildman–Crippen LogP) is 6.59. The number of halogens is 1. The zero-order valence-electron chi connectivity index (χ0n) is 16.4. The van der Waals surface area contributed by atoms with Gasteiger partial charge in [0.25, 0.3) is 8.32 Å². The van der Waals surface area contributed by atoms with Crippen molar-refractivity contribution in [3.8, 4) is 11.5 Å². The molecule has 2 nitrogen and oxygen atoms in total. The Labute approximate surface area is 143 Å². The van der Waals surface area contributed by atoms with Crippen molar-refractivity contribution < 1.29 is 13.2 Å². The Balaban J connectivity index is 3.00. The van der Waals surface area contributed by atoms with E-state index in [0.29, 0.717) is 11.5 Å². The lowest BCUT2D eigenvalue weighted by Crippen LogP contribution is -2.44. The van der Waals surface area contributed by atoms with E-state index in [1.165, 1.54) is 6.07 Å². The van der Waals surface area contributed by atoms with E-state index < -0.39 is 16.6 Å². The molecule has 1 aromatic carbocycles. The summed E-state index contributed by atoms with van der Waals surface area (Å²) in [6.07, 6.45) is 0. The Morgan fingerprint density at radius 3 is 1.61 bits per heavy atom. The van der Waals surface area contributed by atoms with Gasteiger partial charge in [-0.25, -0.2) is 4.39 Å². The topological polar surface area (TPSA) is 18.5 Å². The first-order chi connectivity index (χ1) is 10.1. The molecule has 0 saturated heterocycles. The number of hydrogen-bond donors (Lipinski definition) is 0. The zero-order valence-corrected chi connectivity index (χ0v) is 18.4. The smallest absolute Gasteiger partial charge is 0.250 e. The van der Waals surface area contributed by atoms with Gasteiger partial charge in [-0.05, 0) is 48.4 Å². The second kappa shape index (κ2) is 6.24. The molecular weight excluding hydrogens is 323 g/mol. The van der Waals surface area contributed by atoms with Crippen LogP contribution in [0.1, 0.15) is 41.5 Å². The lowest BCUT2D eigenvalue weighted by atomic mass is 10.2. The first-order valence-electron chi connectivity index (χ1n) is 8.24. The molecular formula is C18H33FO2Si2. The van der Waals surface area contributed by atoms with Gasteiger partial charge in [0.05, 0.1) is 0 Å². The van der Waals surface area contributed by atoms with Gasteiger partial charge in [0, 0.05) is 6.07 Å². The van der Waals surface area contributed by atoms with Crippen LogP contribution in [0.5, 0.6) is 11.5 Å². The maximum absolute atomic E-state index is 14.5. The van der Waals surface area contributed by atoms with Crippen LogP contribution in [0, 0.1) is 5.82 Å². The third-order valence-electron chi connectivity index (χ3n) is 5.25. The number of hydrogen-bond acceptors (Lipinski definition) is 2. The standard InChI is InChI=1S/C18H33FO2Si2/c1-17(2,3)22(7,8)20-14-11-12-16(15(19)13-14)21-23(9,10)18(4,5)6/h11-13H,1-10H3. The van der Waals surface area contributed by atoms with Crippen molar-refractivity contribution in [3.63, 3.8) is 0 Å². The Morgan fingerprint density at radius 2 is 1.22 bits per heavy atom. The molecule has 5 heteroatoms. The van der Waals surface area contributed by atoms with E-state index in [2.05, 4.69) is 67.7 Å². The first kappa shape index (κ1) is 20.2. The largest absolute Gasteiger partial charge is 0.543 e. The number of benzene rings is 1. The normalized spacial score (nSPS) is 13.9. The van der Waals surface area contributed by atoms with E-state index in [0.717, 1.165) is 0 Å². The molecule has 0 aliphatic heterocycles. The summed E-state index contributed by atoms with van der Waals surface area (Å²) in [6, 6.07) is 4.99. The summed E-state index contributed by atoms with van der Waals surface area (Å²) in [7, 11) is -4.00. The molecule has 1 aromatic rings. The van der Waals surface area contributed by atoms with Crippen molar-refractivity contribution in [1.29, 1.82) is 0 Å². The summed E-state index contributed by atoms with van der Waals surface area (Å²) in [5.41, 5.74) is 0. The van der Waals surface area contributed by atoms with Gasteiger partial charge >= 0.3 is 0 Å². The van der Waals surface area contributed by atoms with Crippen LogP contribution in [0.3, 0.4) is 0 Å². The van der Waals surface area contributed by atoms with E-state index in [-0.39, 0.29) is 15.9 Å². The van der Waals surface area contributed by atoms with Gasteiger partial charge in [-0.15, -0.1) is 0 Å². The fourth-order valence-corrected chi connectivity index (χ4v) is 3.55. The lowest BCUT2D eigenvalue weighted by molar-refractivity contribution is 0.448. The van der Waals surface area contributed by atoms with Crippen molar-refractivity contribution in [3.05, 3.63) is 24.0 Å². The van der Waals surface area contributed by atoms with E-state index in [1.54, 1.807) is 6.07 Å². The molecule has 0 unspecified atom stereocenters. The molecule has 23 heavy (non-hydrogen) atoms. The molecule has 0 aliphatic rings. The van der Waals surface area contributed by atoms with Crippen molar-refractivity contribution in [1.82, 2.24) is 0 Å². The van der Waals surface area contributed by atoms with Gasteiger partial charge in [0.2, 0.25) is 8.32 Å². The molecule has 1 rings (SSSR count). The molecule has 0 fully saturated rings. The zero-order chi connectivity index (χ0) is 18.3. The molecule has 0 heterocycles. The van der Waals surface area contributed by atoms with Gasteiger partial charge in [0.15, 0.2) is 5.82 Å². The summed E-state index contributed by atoms with van der Waals surface area (Å²) < 4.78 is 26.7. The second-order valence-electron chi connectivity index (χ2n) is 9.32. The summed E-state index contributed by atoms with van der Waals surface area (Å²) in [4.78, 5) is 0. The highest BCUT2D eigenvalue weighted by molar-refractivity contribution is 6.75. The molecule has 0 spiro atoms. The fraction of sp³-hybridized carbons (Fsp3) is 0.667. The van der Waals surface area contributed by atoms with Crippen molar-refractivity contribution in [2.75, 3.05) is 0 Å². The van der Waals surface area contributed by atoms with Gasteiger partial charge in [-0.1, -0.05) is 41.5 Å². The van der Waals surface area contributed by atoms with Gasteiger partial charge < -0.3 is 8.85 Å². The Kier molecular flexibility index (Phi) is 5.49. The van der Waals surface area contributed by atoms with Crippen LogP contribution < -0.4 is 8.85 Å². The molecule has 0 aliphatic carbocycles. The summed E-state index contributed by atoms with van der Waals surface area (Å²) in [5.74, 6) is 0.585. The maximum Gasteiger partial charge on any atom is 0.250 e. The van der Waals surface area contributed by atoms with Crippen LogP contribution in [0.15, 0.2) is 18.2 Å². The minimum absolute atomic E-state index is 0.0375. The Bertz CT molecular complexity index is 555. The molecule has 0 N–H and O–H groups in total. The summed E-state index contributed by atoms with van der Waals surface area (Å²) in [6.45, 7) is 21.5. The molecule has 0 amide bonds. The average molecular weight is 357 g/mol. The van der Waals surface area contributed by atoms with Gasteiger partial charge in [-0.2, -0.15) is 0 Å². The molecule has 0 atom stereocenters. The van der Waals surface area contributed by atoms with Gasteiger partial charge in [-0.3, -0.25) is 0 Å². The molecule has 0 bridgehead atoms. The van der Waals surface area contributed by atoms with Crippen molar-refractivity contribution in [2.45, 2.75) is 77.8 Å². The third-order valence-corrected chi connectivity index (χ3v) is 14.0. The minimum Gasteiger partial charge on any atom is -0.543 e. The van der Waals surface area contributed by atoms with E-state index in [4.69, 9.17) is 8.85 Å². The first-order valence-corrected chi connectivity index (χ1v) is 14.1. The molecule has 0 radical (unpaired) electrons. The van der Waals surface area contributed by atoms with Crippen molar-refractivity contribution >= 4 is 16.6 Å². The second-order valence-corrected chi connectivity index (χ2v) is 18.8. The van der Waals surface area contributed by atoms with Crippen LogP contribution in [0.4, 0.5) is 4.39 Å². The van der Waals surface area contributed by atoms with Crippen LogP contribution >= 0.6 is 0 Å². The Hall–Kier alpha value is -0.816. The number of rotatable bonds is 4. The van der Waals surface area contributed by atoms with E-state index >= 15 is 0 Å². The predicted molar refractivity (Wildman–Crippen MR) is 102 cm³/mol. The summed E-state index contributed by atoms with van der Waals surface area (Å²) >= 11 is 0. The van der Waals surface area contributed by atoms with Crippen LogP contribution in [0.25, 0.3) is 0 Å². The molecule has 0 aromatic heterocycles. The Morgan fingerprint density at radius 1 is 0.783 bits per heavy atom. The van der Waals surface area contributed by atoms with Crippen molar-refractivity contribution in [2.24, 2.45) is 0 Å². The van der Waals surface area contributed by atoms with Gasteiger partial charge in [0.1, 0.15) is 11.5 Å². The average Bonchev–Trinajstić information content (AvgIpc) is 2.29. The SMILES string of the molecule is CC(C)(C)[Si](C)(C)Oc1ccc(O[Si](C)(C)C(C)(C)C)c(F)c1. The lowest BCUT2D eigenvalue weighted by Gasteiger charge is -2.37. The molecule has 132 valence electrons. The fourth-order valence-electron chi connectivity index (χ4n) is 1.50. The minimum atomic E-state index is -2.04. The van der Waals surface area contributed by atoms with Crippen LogP contribution in [0.2, 0.25) is 36.3 Å². The monoisotopic (exact) mass is 356 g/mol. The highest BCUT2D eigenvalue weighted by Gasteiger charge is 2.40. The van der Waals surface area contributed by atoms with Crippen LogP contribution in [-0.4, -0.2) is 16.6 Å². The highest BCUT2D eigenvalue weighted by Crippen LogP contribution is 2.40. The van der Waals surface area contributed by atoms with Crippen LogP contribution in [-0.2, 0) is 0 Å². The quantitative estimate of drug-likeness (QED) is 0.566.